The Morgan fingerprint density at radius 3 is 2.50 bits per heavy atom. The molecule has 0 bridgehead atoms. The molecule has 0 amide bonds. The molecule has 0 saturated heterocycles. The van der Waals surface area contributed by atoms with Crippen LogP contribution in [0.4, 0.5) is 5.69 Å². The zero-order valence-electron chi connectivity index (χ0n) is 9.20. The lowest BCUT2D eigenvalue weighted by Crippen LogP contribution is -2.31. The summed E-state index contributed by atoms with van der Waals surface area (Å²) in [5.74, 6) is 0. The second kappa shape index (κ2) is 5.01. The van der Waals surface area contributed by atoms with Crippen LogP contribution in [0, 0.1) is 6.92 Å². The second-order valence-electron chi connectivity index (χ2n) is 3.67. The number of aryl methyl sites for hydroxylation is 1. The Morgan fingerprint density at radius 1 is 1.36 bits per heavy atom. The predicted molar refractivity (Wildman–Crippen MR) is 60.7 cm³/mol. The van der Waals surface area contributed by atoms with Gasteiger partial charge in [-0.25, -0.2) is 0 Å². The summed E-state index contributed by atoms with van der Waals surface area (Å²) in [5, 5.41) is 9.36. The quantitative estimate of drug-likeness (QED) is 0.792. The Kier molecular flexibility index (Phi) is 3.96. The Balaban J connectivity index is 2.83. The first-order chi connectivity index (χ1) is 6.65. The summed E-state index contributed by atoms with van der Waals surface area (Å²) in [6.45, 7) is 7.65. The minimum Gasteiger partial charge on any atom is -0.392 e. The molecule has 1 N–H and O–H groups in total. The molecule has 2 nitrogen and oxygen atoms in total. The monoisotopic (exact) mass is 193 g/mol. The third kappa shape index (κ3) is 2.74. The smallest absolute Gasteiger partial charge is 0.0687 e. The number of likely N-dealkylation sites (N-methyl/N-ethyl adjacent to an activating group) is 1. The molecule has 1 aromatic rings. The minimum absolute atomic E-state index is 0.283. The van der Waals surface area contributed by atoms with Crippen LogP contribution in [-0.4, -0.2) is 24.3 Å². The molecule has 14 heavy (non-hydrogen) atoms. The van der Waals surface area contributed by atoms with E-state index in [4.69, 9.17) is 0 Å². The first-order valence-electron chi connectivity index (χ1n) is 5.13. The summed E-state index contributed by atoms with van der Waals surface area (Å²) in [6, 6.07) is 8.27. The van der Waals surface area contributed by atoms with E-state index in [1.165, 1.54) is 11.3 Å². The van der Waals surface area contributed by atoms with Gasteiger partial charge in [-0.1, -0.05) is 18.2 Å². The molecule has 1 atom stereocenters. The molecule has 0 aliphatic rings. The minimum atomic E-state index is -0.283. The molecular weight excluding hydrogens is 174 g/mol. The highest BCUT2D eigenvalue weighted by atomic mass is 16.3. The first kappa shape index (κ1) is 11.1. The van der Waals surface area contributed by atoms with E-state index in [1.54, 1.807) is 0 Å². The number of nitrogens with zero attached hydrogens (tertiary/aromatic N) is 1. The molecule has 0 aromatic heterocycles. The van der Waals surface area contributed by atoms with Crippen molar-refractivity contribution in [3.63, 3.8) is 0 Å². The number of para-hydroxylation sites is 1. The van der Waals surface area contributed by atoms with Crippen molar-refractivity contribution in [1.29, 1.82) is 0 Å². The van der Waals surface area contributed by atoms with Crippen molar-refractivity contribution in [2.45, 2.75) is 26.9 Å². The maximum absolute atomic E-state index is 9.36. The van der Waals surface area contributed by atoms with E-state index < -0.39 is 0 Å². The van der Waals surface area contributed by atoms with Crippen molar-refractivity contribution in [2.24, 2.45) is 0 Å². The van der Waals surface area contributed by atoms with Gasteiger partial charge in [0, 0.05) is 18.8 Å². The van der Waals surface area contributed by atoms with Gasteiger partial charge in [0.05, 0.1) is 6.10 Å². The maximum atomic E-state index is 9.36. The van der Waals surface area contributed by atoms with Gasteiger partial charge in [0.25, 0.3) is 0 Å². The number of anilines is 1. The Bertz CT molecular complexity index is 283. The van der Waals surface area contributed by atoms with Crippen LogP contribution < -0.4 is 4.90 Å². The molecule has 0 saturated carbocycles. The Labute approximate surface area is 86.2 Å². The number of benzene rings is 1. The van der Waals surface area contributed by atoms with Crippen LogP contribution in [0.1, 0.15) is 19.4 Å². The molecular formula is C12H19NO. The van der Waals surface area contributed by atoms with E-state index in [1.807, 2.05) is 19.1 Å². The lowest BCUT2D eigenvalue weighted by atomic mass is 10.1. The molecule has 0 fully saturated rings. The average Bonchev–Trinajstić information content (AvgIpc) is 2.15. The van der Waals surface area contributed by atoms with Crippen molar-refractivity contribution in [2.75, 3.05) is 18.0 Å². The van der Waals surface area contributed by atoms with Gasteiger partial charge < -0.3 is 10.0 Å². The third-order valence-electron chi connectivity index (χ3n) is 2.32. The number of hydrogen-bond acceptors (Lipinski definition) is 2. The van der Waals surface area contributed by atoms with Crippen LogP contribution >= 0.6 is 0 Å². The summed E-state index contributed by atoms with van der Waals surface area (Å²) >= 11 is 0. The van der Waals surface area contributed by atoms with Gasteiger partial charge >= 0.3 is 0 Å². The van der Waals surface area contributed by atoms with E-state index in [9.17, 15) is 5.11 Å². The summed E-state index contributed by atoms with van der Waals surface area (Å²) in [4.78, 5) is 2.19. The van der Waals surface area contributed by atoms with Gasteiger partial charge in [0.15, 0.2) is 0 Å². The van der Waals surface area contributed by atoms with Gasteiger partial charge in [-0.3, -0.25) is 0 Å². The highest BCUT2D eigenvalue weighted by molar-refractivity contribution is 5.52. The fourth-order valence-electron chi connectivity index (χ4n) is 1.63. The van der Waals surface area contributed by atoms with Crippen LogP contribution in [0.3, 0.4) is 0 Å². The molecule has 1 aromatic carbocycles. The van der Waals surface area contributed by atoms with Gasteiger partial charge in [-0.05, 0) is 32.4 Å². The Hall–Kier alpha value is -1.02. The lowest BCUT2D eigenvalue weighted by Gasteiger charge is -2.26. The zero-order chi connectivity index (χ0) is 10.6. The van der Waals surface area contributed by atoms with Crippen LogP contribution in [0.25, 0.3) is 0 Å². The third-order valence-corrected chi connectivity index (χ3v) is 2.32. The van der Waals surface area contributed by atoms with Crippen molar-refractivity contribution in [1.82, 2.24) is 0 Å². The van der Waals surface area contributed by atoms with E-state index in [2.05, 4.69) is 30.9 Å². The summed E-state index contributed by atoms with van der Waals surface area (Å²) in [7, 11) is 0. The van der Waals surface area contributed by atoms with Gasteiger partial charge in [-0.15, -0.1) is 0 Å². The number of hydrogen-bond donors (Lipinski definition) is 1. The molecule has 0 heterocycles. The van der Waals surface area contributed by atoms with E-state index in [-0.39, 0.29) is 6.10 Å². The van der Waals surface area contributed by atoms with Crippen LogP contribution in [0.15, 0.2) is 24.3 Å². The highest BCUT2D eigenvalue weighted by Gasteiger charge is 2.08. The molecule has 1 rings (SSSR count). The van der Waals surface area contributed by atoms with Crippen molar-refractivity contribution >= 4 is 5.69 Å². The van der Waals surface area contributed by atoms with E-state index in [0.29, 0.717) is 6.54 Å². The normalized spacial score (nSPS) is 12.6. The average molecular weight is 193 g/mol. The Morgan fingerprint density at radius 2 is 2.00 bits per heavy atom. The molecule has 0 aliphatic carbocycles. The van der Waals surface area contributed by atoms with Gasteiger partial charge in [-0.2, -0.15) is 0 Å². The number of aliphatic hydroxyl groups excluding tert-OH is 1. The molecule has 0 radical (unpaired) electrons. The topological polar surface area (TPSA) is 23.5 Å². The molecule has 0 spiro atoms. The van der Waals surface area contributed by atoms with Crippen molar-refractivity contribution in [3.05, 3.63) is 29.8 Å². The molecule has 0 unspecified atom stereocenters. The number of rotatable bonds is 4. The van der Waals surface area contributed by atoms with Crippen LogP contribution in [0.2, 0.25) is 0 Å². The fraction of sp³-hybridized carbons (Fsp3) is 0.500. The maximum Gasteiger partial charge on any atom is 0.0687 e. The molecule has 0 aliphatic heterocycles. The van der Waals surface area contributed by atoms with Crippen molar-refractivity contribution < 1.29 is 5.11 Å². The van der Waals surface area contributed by atoms with Crippen LogP contribution in [0.5, 0.6) is 0 Å². The molecule has 2 heteroatoms. The highest BCUT2D eigenvalue weighted by Crippen LogP contribution is 2.19. The largest absolute Gasteiger partial charge is 0.392 e. The fourth-order valence-corrected chi connectivity index (χ4v) is 1.63. The second-order valence-corrected chi connectivity index (χ2v) is 3.67. The number of aliphatic hydroxyl groups is 1. The predicted octanol–water partition coefficient (Wildman–Crippen LogP) is 2.20. The standard InChI is InChI=1S/C12H19NO/c1-4-13(9-11(3)14)12-8-6-5-7-10(12)2/h5-8,11,14H,4,9H2,1-3H3/t11-/m1/s1. The van der Waals surface area contributed by atoms with Crippen molar-refractivity contribution in [3.8, 4) is 0 Å². The first-order valence-corrected chi connectivity index (χ1v) is 5.13. The van der Waals surface area contributed by atoms with Gasteiger partial charge in [0.2, 0.25) is 0 Å². The summed E-state index contributed by atoms with van der Waals surface area (Å²) in [5.41, 5.74) is 2.48. The molecule has 78 valence electrons. The van der Waals surface area contributed by atoms with E-state index >= 15 is 0 Å². The summed E-state index contributed by atoms with van der Waals surface area (Å²) in [6.07, 6.45) is -0.283. The zero-order valence-corrected chi connectivity index (χ0v) is 9.20. The SMILES string of the molecule is CCN(C[C@@H](C)O)c1ccccc1C. The lowest BCUT2D eigenvalue weighted by molar-refractivity contribution is 0.200. The van der Waals surface area contributed by atoms with Gasteiger partial charge in [0.1, 0.15) is 0 Å². The van der Waals surface area contributed by atoms with Crippen LogP contribution in [-0.2, 0) is 0 Å². The summed E-state index contributed by atoms with van der Waals surface area (Å²) < 4.78 is 0. The van der Waals surface area contributed by atoms with E-state index in [0.717, 1.165) is 6.54 Å².